The Morgan fingerprint density at radius 3 is 2.67 bits per heavy atom. The summed E-state index contributed by atoms with van der Waals surface area (Å²) in [4.78, 5) is 19.7. The molecule has 2 fully saturated rings. The zero-order valence-corrected chi connectivity index (χ0v) is 18.4. The Bertz CT molecular complexity index is 799. The van der Waals surface area contributed by atoms with E-state index in [9.17, 15) is 4.79 Å². The normalized spacial score (nSPS) is 19.5. The maximum Gasteiger partial charge on any atom is 0.230 e. The molecule has 7 heteroatoms. The molecule has 0 unspecified atom stereocenters. The minimum atomic E-state index is 0.0902. The zero-order valence-electron chi connectivity index (χ0n) is 17.6. The van der Waals surface area contributed by atoms with E-state index in [1.165, 1.54) is 49.4 Å². The van der Waals surface area contributed by atoms with Crippen molar-refractivity contribution < 1.29 is 9.53 Å². The monoisotopic (exact) mass is 428 g/mol. The lowest BCUT2D eigenvalue weighted by molar-refractivity contribution is -0.119. The summed E-state index contributed by atoms with van der Waals surface area (Å²) in [5.74, 6) is 0.484. The van der Waals surface area contributed by atoms with Gasteiger partial charge in [-0.15, -0.1) is 0 Å². The first-order valence-corrected chi connectivity index (χ1v) is 12.0. The standard InChI is InChI=1S/C23H32N4O2S/c28-21(18-30-22-24-11-12-26(22)17-20-7-3-1-4-8-20)25-19-23(9-5-2-6-10-23)27-13-15-29-16-14-27/h1,3-4,7-8,11-12H,2,5-6,9-10,13-19H2,(H,25,28). The molecule has 1 saturated heterocycles. The molecule has 2 aromatic rings. The van der Waals surface area contributed by atoms with Crippen molar-refractivity contribution in [2.45, 2.75) is 49.3 Å². The molecule has 2 heterocycles. The number of amides is 1. The van der Waals surface area contributed by atoms with E-state index in [1.807, 2.05) is 24.4 Å². The summed E-state index contributed by atoms with van der Waals surface area (Å²) in [6.45, 7) is 5.06. The third-order valence-corrected chi connectivity index (χ3v) is 7.29. The number of hydrogen-bond donors (Lipinski definition) is 1. The number of carbonyl (C=O) groups excluding carboxylic acids is 1. The first-order chi connectivity index (χ1) is 14.8. The van der Waals surface area contributed by atoms with E-state index in [2.05, 4.69) is 31.9 Å². The van der Waals surface area contributed by atoms with Gasteiger partial charge in [0.1, 0.15) is 0 Å². The van der Waals surface area contributed by atoms with Crippen molar-refractivity contribution in [2.75, 3.05) is 38.6 Å². The van der Waals surface area contributed by atoms with E-state index in [4.69, 9.17) is 4.74 Å². The lowest BCUT2D eigenvalue weighted by Crippen LogP contribution is -2.59. The predicted octanol–water partition coefficient (Wildman–Crippen LogP) is 3.17. The van der Waals surface area contributed by atoms with E-state index in [0.29, 0.717) is 5.75 Å². The third-order valence-electron chi connectivity index (χ3n) is 6.29. The highest BCUT2D eigenvalue weighted by molar-refractivity contribution is 7.99. The quantitative estimate of drug-likeness (QED) is 0.655. The number of rotatable bonds is 8. The number of thioether (sulfide) groups is 1. The maximum atomic E-state index is 12.7. The van der Waals surface area contributed by atoms with Gasteiger partial charge in [-0.05, 0) is 18.4 Å². The number of hydrogen-bond acceptors (Lipinski definition) is 5. The molecule has 0 spiro atoms. The SMILES string of the molecule is O=C(CSc1nccn1Cc1ccccc1)NCC1(N2CCOCC2)CCCCC1. The molecule has 1 aliphatic heterocycles. The number of morpholine rings is 1. The second-order valence-corrected chi connectivity index (χ2v) is 9.22. The van der Waals surface area contributed by atoms with Crippen LogP contribution in [-0.4, -0.2) is 64.5 Å². The second kappa shape index (κ2) is 10.5. The molecule has 1 aromatic heterocycles. The maximum absolute atomic E-state index is 12.7. The van der Waals surface area contributed by atoms with Gasteiger partial charge in [0.2, 0.25) is 5.91 Å². The van der Waals surface area contributed by atoms with Crippen molar-refractivity contribution in [3.63, 3.8) is 0 Å². The van der Waals surface area contributed by atoms with Gasteiger partial charge in [0, 0.05) is 44.1 Å². The van der Waals surface area contributed by atoms with Gasteiger partial charge in [0.05, 0.1) is 19.0 Å². The Balaban J connectivity index is 1.30. The highest BCUT2D eigenvalue weighted by Gasteiger charge is 2.38. The second-order valence-electron chi connectivity index (χ2n) is 8.27. The minimum absolute atomic E-state index is 0.0902. The number of ether oxygens (including phenoxy) is 1. The summed E-state index contributed by atoms with van der Waals surface area (Å²) in [5.41, 5.74) is 1.33. The van der Waals surface area contributed by atoms with E-state index < -0.39 is 0 Å². The Kier molecular flexibility index (Phi) is 7.47. The fourth-order valence-electron chi connectivity index (χ4n) is 4.63. The molecule has 2 aliphatic rings. The van der Waals surface area contributed by atoms with Crippen LogP contribution in [0, 0.1) is 0 Å². The van der Waals surface area contributed by atoms with Crippen LogP contribution in [-0.2, 0) is 16.1 Å². The van der Waals surface area contributed by atoms with Gasteiger partial charge in [0.15, 0.2) is 5.16 Å². The van der Waals surface area contributed by atoms with Crippen molar-refractivity contribution in [3.05, 3.63) is 48.3 Å². The van der Waals surface area contributed by atoms with E-state index >= 15 is 0 Å². The molecular weight excluding hydrogens is 396 g/mol. The van der Waals surface area contributed by atoms with Crippen LogP contribution < -0.4 is 5.32 Å². The number of nitrogens with one attached hydrogen (secondary N) is 1. The molecule has 1 amide bonds. The summed E-state index contributed by atoms with van der Waals surface area (Å²) in [6, 6.07) is 10.3. The van der Waals surface area contributed by atoms with Gasteiger partial charge in [0.25, 0.3) is 0 Å². The summed E-state index contributed by atoms with van der Waals surface area (Å²) in [7, 11) is 0. The summed E-state index contributed by atoms with van der Waals surface area (Å²) >= 11 is 1.51. The largest absolute Gasteiger partial charge is 0.379 e. The molecule has 30 heavy (non-hydrogen) atoms. The van der Waals surface area contributed by atoms with Crippen LogP contribution in [0.3, 0.4) is 0 Å². The average molecular weight is 429 g/mol. The number of carbonyl (C=O) groups is 1. The average Bonchev–Trinajstić information content (AvgIpc) is 3.25. The van der Waals surface area contributed by atoms with Crippen molar-refractivity contribution in [1.82, 2.24) is 19.8 Å². The molecule has 1 N–H and O–H groups in total. The Labute approximate surface area is 183 Å². The van der Waals surface area contributed by atoms with Gasteiger partial charge < -0.3 is 14.6 Å². The van der Waals surface area contributed by atoms with E-state index in [-0.39, 0.29) is 11.4 Å². The number of benzene rings is 1. The molecule has 0 bridgehead atoms. The minimum Gasteiger partial charge on any atom is -0.379 e. The van der Waals surface area contributed by atoms with Gasteiger partial charge in [-0.2, -0.15) is 0 Å². The zero-order chi connectivity index (χ0) is 20.7. The number of nitrogens with zero attached hydrogens (tertiary/aromatic N) is 3. The molecule has 0 atom stereocenters. The van der Waals surface area contributed by atoms with Crippen LogP contribution in [0.2, 0.25) is 0 Å². The van der Waals surface area contributed by atoms with Crippen LogP contribution in [0.15, 0.2) is 47.9 Å². The molecule has 1 aliphatic carbocycles. The summed E-state index contributed by atoms with van der Waals surface area (Å²) in [5, 5.41) is 4.13. The Morgan fingerprint density at radius 1 is 1.13 bits per heavy atom. The van der Waals surface area contributed by atoms with Crippen molar-refractivity contribution in [1.29, 1.82) is 0 Å². The van der Waals surface area contributed by atoms with Crippen molar-refractivity contribution in [2.24, 2.45) is 0 Å². The van der Waals surface area contributed by atoms with Gasteiger partial charge in [-0.3, -0.25) is 9.69 Å². The van der Waals surface area contributed by atoms with Crippen LogP contribution in [0.25, 0.3) is 0 Å². The van der Waals surface area contributed by atoms with Crippen LogP contribution in [0.4, 0.5) is 0 Å². The first kappa shape index (κ1) is 21.4. The van der Waals surface area contributed by atoms with Crippen molar-refractivity contribution in [3.8, 4) is 0 Å². The Hall–Kier alpha value is -1.83. The van der Waals surface area contributed by atoms with E-state index in [1.54, 1.807) is 6.20 Å². The fraction of sp³-hybridized carbons (Fsp3) is 0.565. The summed E-state index contributed by atoms with van der Waals surface area (Å²) < 4.78 is 7.65. The number of aromatic nitrogens is 2. The lowest BCUT2D eigenvalue weighted by Gasteiger charge is -2.48. The highest BCUT2D eigenvalue weighted by atomic mass is 32.2. The fourth-order valence-corrected chi connectivity index (χ4v) is 5.42. The number of imidazole rings is 1. The van der Waals surface area contributed by atoms with Crippen molar-refractivity contribution >= 4 is 17.7 Å². The smallest absolute Gasteiger partial charge is 0.230 e. The molecule has 0 radical (unpaired) electrons. The molecule has 1 saturated carbocycles. The van der Waals surface area contributed by atoms with Gasteiger partial charge >= 0.3 is 0 Å². The predicted molar refractivity (Wildman–Crippen MR) is 120 cm³/mol. The van der Waals surface area contributed by atoms with Crippen LogP contribution in [0.5, 0.6) is 0 Å². The lowest BCUT2D eigenvalue weighted by atomic mass is 9.79. The van der Waals surface area contributed by atoms with E-state index in [0.717, 1.165) is 44.5 Å². The van der Waals surface area contributed by atoms with Crippen LogP contribution >= 0.6 is 11.8 Å². The third kappa shape index (κ3) is 5.45. The van der Waals surface area contributed by atoms with Gasteiger partial charge in [-0.1, -0.05) is 61.4 Å². The Morgan fingerprint density at radius 2 is 1.90 bits per heavy atom. The first-order valence-electron chi connectivity index (χ1n) is 11.0. The molecule has 6 nitrogen and oxygen atoms in total. The molecule has 162 valence electrons. The molecule has 4 rings (SSSR count). The highest BCUT2D eigenvalue weighted by Crippen LogP contribution is 2.34. The van der Waals surface area contributed by atoms with Gasteiger partial charge in [-0.25, -0.2) is 4.98 Å². The summed E-state index contributed by atoms with van der Waals surface area (Å²) in [6.07, 6.45) is 9.92. The topological polar surface area (TPSA) is 59.4 Å². The van der Waals surface area contributed by atoms with Crippen LogP contribution in [0.1, 0.15) is 37.7 Å². The molecular formula is C23H32N4O2S. The molecule has 1 aromatic carbocycles.